The van der Waals surface area contributed by atoms with Gasteiger partial charge in [0.2, 0.25) is 0 Å². The third-order valence-electron chi connectivity index (χ3n) is 3.14. The highest BCUT2D eigenvalue weighted by Crippen LogP contribution is 2.19. The Labute approximate surface area is 109 Å². The van der Waals surface area contributed by atoms with Crippen LogP contribution in [-0.2, 0) is 9.84 Å². The molecule has 0 spiro atoms. The van der Waals surface area contributed by atoms with E-state index in [1.54, 1.807) is 6.08 Å². The molecule has 98 valence electrons. The highest BCUT2D eigenvalue weighted by Gasteiger charge is 2.23. The molecule has 1 aliphatic heterocycles. The maximum Gasteiger partial charge on any atom is 0.173 e. The highest BCUT2D eigenvalue weighted by atomic mass is 32.2. The first-order chi connectivity index (χ1) is 8.35. The van der Waals surface area contributed by atoms with Gasteiger partial charge in [-0.2, -0.15) is 0 Å². The number of aryl methyl sites for hydroxylation is 2. The second kappa shape index (κ2) is 4.86. The topological polar surface area (TPSA) is 46.2 Å². The molecular weight excluding hydrogens is 246 g/mol. The summed E-state index contributed by atoms with van der Waals surface area (Å²) in [7, 11) is -2.98. The Morgan fingerprint density at radius 1 is 1.22 bits per heavy atom. The van der Waals surface area contributed by atoms with Crippen LogP contribution < -0.4 is 5.32 Å². The van der Waals surface area contributed by atoms with Crippen LogP contribution in [0, 0.1) is 13.8 Å². The molecule has 2 rings (SSSR count). The molecule has 1 N–H and O–H groups in total. The fourth-order valence-electron chi connectivity index (χ4n) is 2.36. The lowest BCUT2D eigenvalue weighted by atomic mass is 10.0. The molecule has 3 nitrogen and oxygen atoms in total. The van der Waals surface area contributed by atoms with Crippen molar-refractivity contribution in [2.45, 2.75) is 32.9 Å². The van der Waals surface area contributed by atoms with Gasteiger partial charge in [0.15, 0.2) is 9.84 Å². The van der Waals surface area contributed by atoms with E-state index in [-0.39, 0.29) is 17.8 Å². The van der Waals surface area contributed by atoms with Crippen LogP contribution in [0.4, 0.5) is 0 Å². The van der Waals surface area contributed by atoms with Crippen LogP contribution >= 0.6 is 0 Å². The molecule has 0 saturated heterocycles. The average Bonchev–Trinajstić information content (AvgIpc) is 2.56. The molecule has 2 unspecified atom stereocenters. The second-order valence-electron chi connectivity index (χ2n) is 5.07. The zero-order valence-corrected chi connectivity index (χ0v) is 11.8. The Bertz CT molecular complexity index is 555. The van der Waals surface area contributed by atoms with Gasteiger partial charge >= 0.3 is 0 Å². The largest absolute Gasteiger partial charge is 0.303 e. The lowest BCUT2D eigenvalue weighted by molar-refractivity contribution is 0.534. The Balaban J connectivity index is 2.09. The number of rotatable bonds is 3. The van der Waals surface area contributed by atoms with Crippen molar-refractivity contribution in [1.82, 2.24) is 5.32 Å². The van der Waals surface area contributed by atoms with Gasteiger partial charge in [-0.15, -0.1) is 0 Å². The summed E-state index contributed by atoms with van der Waals surface area (Å²) in [6.45, 7) is 6.21. The Morgan fingerprint density at radius 2 is 1.83 bits per heavy atom. The zero-order valence-electron chi connectivity index (χ0n) is 11.0. The summed E-state index contributed by atoms with van der Waals surface area (Å²) in [5.74, 6) is 0.169. The molecule has 1 aliphatic rings. The van der Waals surface area contributed by atoms with E-state index in [0.29, 0.717) is 0 Å². The summed E-state index contributed by atoms with van der Waals surface area (Å²) >= 11 is 0. The first-order valence-electron chi connectivity index (χ1n) is 6.11. The summed E-state index contributed by atoms with van der Waals surface area (Å²) in [4.78, 5) is 0. The van der Waals surface area contributed by atoms with Crippen LogP contribution in [0.5, 0.6) is 0 Å². The monoisotopic (exact) mass is 265 g/mol. The molecule has 2 atom stereocenters. The van der Waals surface area contributed by atoms with Gasteiger partial charge in [0.05, 0.1) is 5.75 Å². The summed E-state index contributed by atoms with van der Waals surface area (Å²) in [5, 5.41) is 4.64. The minimum Gasteiger partial charge on any atom is -0.303 e. The Kier molecular flexibility index (Phi) is 3.59. The van der Waals surface area contributed by atoms with E-state index in [4.69, 9.17) is 0 Å². The lowest BCUT2D eigenvalue weighted by Crippen LogP contribution is -2.32. The van der Waals surface area contributed by atoms with Crippen LogP contribution in [0.15, 0.2) is 29.7 Å². The molecule has 0 aromatic heterocycles. The minimum atomic E-state index is -2.98. The van der Waals surface area contributed by atoms with Crippen LogP contribution in [0.2, 0.25) is 0 Å². The van der Waals surface area contributed by atoms with Crippen molar-refractivity contribution in [3.63, 3.8) is 0 Å². The second-order valence-corrected chi connectivity index (χ2v) is 7.01. The SMILES string of the molecule is Cc1cc(C)cc(C(C)NC2C=CS(=O)(=O)C2)c1. The third-order valence-corrected chi connectivity index (χ3v) is 4.53. The van der Waals surface area contributed by atoms with Crippen LogP contribution in [0.1, 0.15) is 29.7 Å². The Hall–Kier alpha value is -1.13. The summed E-state index contributed by atoms with van der Waals surface area (Å²) in [6, 6.07) is 6.48. The van der Waals surface area contributed by atoms with Crippen LogP contribution in [0.3, 0.4) is 0 Å². The van der Waals surface area contributed by atoms with E-state index in [1.807, 2.05) is 0 Å². The van der Waals surface area contributed by atoms with Gasteiger partial charge < -0.3 is 5.32 Å². The van der Waals surface area contributed by atoms with Crippen molar-refractivity contribution in [2.75, 3.05) is 5.75 Å². The number of benzene rings is 1. The predicted molar refractivity (Wildman–Crippen MR) is 74.2 cm³/mol. The molecule has 1 aromatic rings. The maximum absolute atomic E-state index is 11.3. The maximum atomic E-state index is 11.3. The highest BCUT2D eigenvalue weighted by molar-refractivity contribution is 7.94. The average molecular weight is 265 g/mol. The first-order valence-corrected chi connectivity index (χ1v) is 7.82. The van der Waals surface area contributed by atoms with Crippen molar-refractivity contribution < 1.29 is 8.42 Å². The van der Waals surface area contributed by atoms with Gasteiger partial charge in [-0.25, -0.2) is 8.42 Å². The molecule has 1 aromatic carbocycles. The van der Waals surface area contributed by atoms with E-state index >= 15 is 0 Å². The van der Waals surface area contributed by atoms with Crippen molar-refractivity contribution >= 4 is 9.84 Å². The van der Waals surface area contributed by atoms with Gasteiger partial charge in [0.25, 0.3) is 0 Å². The van der Waals surface area contributed by atoms with Gasteiger partial charge in [-0.1, -0.05) is 35.4 Å². The molecule has 18 heavy (non-hydrogen) atoms. The molecule has 1 heterocycles. The third kappa shape index (κ3) is 3.21. The van der Waals surface area contributed by atoms with Gasteiger partial charge in [0.1, 0.15) is 0 Å². The van der Waals surface area contributed by atoms with Gasteiger partial charge in [-0.3, -0.25) is 0 Å². The van der Waals surface area contributed by atoms with Crippen molar-refractivity contribution in [3.05, 3.63) is 46.4 Å². The number of hydrogen-bond donors (Lipinski definition) is 1. The van der Waals surface area contributed by atoms with E-state index in [0.717, 1.165) is 0 Å². The van der Waals surface area contributed by atoms with Crippen molar-refractivity contribution in [2.24, 2.45) is 0 Å². The molecule has 4 heteroatoms. The summed E-state index contributed by atoms with van der Waals surface area (Å²) in [6.07, 6.45) is 1.73. The molecule has 0 radical (unpaired) electrons. The van der Waals surface area contributed by atoms with Crippen LogP contribution in [-0.4, -0.2) is 20.2 Å². The zero-order chi connectivity index (χ0) is 13.3. The molecule has 0 saturated carbocycles. The van der Waals surface area contributed by atoms with Crippen LogP contribution in [0.25, 0.3) is 0 Å². The first kappa shape index (κ1) is 13.3. The summed E-state index contributed by atoms with van der Waals surface area (Å²) in [5.41, 5.74) is 3.66. The summed E-state index contributed by atoms with van der Waals surface area (Å²) < 4.78 is 22.7. The van der Waals surface area contributed by atoms with Gasteiger partial charge in [0, 0.05) is 17.5 Å². The fourth-order valence-corrected chi connectivity index (χ4v) is 3.60. The normalized spacial score (nSPS) is 23.2. The smallest absolute Gasteiger partial charge is 0.173 e. The molecule has 0 aliphatic carbocycles. The molecular formula is C14H19NO2S. The lowest BCUT2D eigenvalue weighted by Gasteiger charge is -2.19. The minimum absolute atomic E-state index is 0.0779. The Morgan fingerprint density at radius 3 is 2.33 bits per heavy atom. The van der Waals surface area contributed by atoms with E-state index in [9.17, 15) is 8.42 Å². The van der Waals surface area contributed by atoms with Crippen molar-refractivity contribution in [1.29, 1.82) is 0 Å². The number of sulfone groups is 1. The quantitative estimate of drug-likeness (QED) is 0.912. The van der Waals surface area contributed by atoms with E-state index < -0.39 is 9.84 Å². The fraction of sp³-hybridized carbons (Fsp3) is 0.429. The molecule has 0 bridgehead atoms. The molecule has 0 amide bonds. The van der Waals surface area contributed by atoms with Crippen molar-refractivity contribution in [3.8, 4) is 0 Å². The van der Waals surface area contributed by atoms with Gasteiger partial charge in [-0.05, 0) is 26.3 Å². The number of nitrogens with one attached hydrogen (secondary N) is 1. The molecule has 0 fully saturated rings. The standard InChI is InChI=1S/C14H19NO2S/c1-10-6-11(2)8-13(7-10)12(3)15-14-4-5-18(16,17)9-14/h4-8,12,14-15H,9H2,1-3H3. The predicted octanol–water partition coefficient (Wildman–Crippen LogP) is 2.26. The number of hydrogen-bond acceptors (Lipinski definition) is 3. The van der Waals surface area contributed by atoms with E-state index in [1.165, 1.54) is 22.1 Å². The van der Waals surface area contributed by atoms with E-state index in [2.05, 4.69) is 44.3 Å².